The molecule has 0 saturated heterocycles. The van der Waals surface area contributed by atoms with E-state index in [-0.39, 0.29) is 0 Å². The molecule has 0 bridgehead atoms. The van der Waals surface area contributed by atoms with E-state index in [1.54, 1.807) is 0 Å². The highest BCUT2D eigenvalue weighted by molar-refractivity contribution is 5.82. The lowest BCUT2D eigenvalue weighted by Gasteiger charge is -2.05. The van der Waals surface area contributed by atoms with E-state index in [9.17, 15) is 0 Å². The van der Waals surface area contributed by atoms with Crippen molar-refractivity contribution >= 4 is 10.8 Å². The van der Waals surface area contributed by atoms with Gasteiger partial charge in [-0.2, -0.15) is 0 Å². The van der Waals surface area contributed by atoms with Gasteiger partial charge in [-0.25, -0.2) is 0 Å². The molecule has 0 nitrogen and oxygen atoms in total. The molecule has 2 aromatic rings. The van der Waals surface area contributed by atoms with Gasteiger partial charge < -0.3 is 0 Å². The van der Waals surface area contributed by atoms with Gasteiger partial charge in [0.05, 0.1) is 0 Å². The minimum Gasteiger partial charge on any atom is -0.0888 e. The van der Waals surface area contributed by atoms with Crippen molar-refractivity contribution in [3.05, 3.63) is 60.2 Å². The van der Waals surface area contributed by atoms with E-state index in [1.165, 1.54) is 125 Å². The van der Waals surface area contributed by atoms with Gasteiger partial charge in [0.25, 0.3) is 0 Å². The third-order valence-corrected chi connectivity index (χ3v) is 6.30. The van der Waals surface area contributed by atoms with Crippen molar-refractivity contribution < 1.29 is 0 Å². The van der Waals surface area contributed by atoms with Crippen molar-refractivity contribution in [2.45, 2.75) is 116 Å². The maximum atomic E-state index is 2.38. The molecule has 0 radical (unpaired) electrons. The number of benzene rings is 2. The summed E-state index contributed by atoms with van der Waals surface area (Å²) < 4.78 is 0. The number of rotatable bonds is 18. The van der Waals surface area contributed by atoms with E-state index in [0.717, 1.165) is 0 Å². The summed E-state index contributed by atoms with van der Waals surface area (Å²) in [7, 11) is 0. The molecule has 0 unspecified atom stereocenters. The van der Waals surface area contributed by atoms with Crippen LogP contribution in [0.25, 0.3) is 10.8 Å². The average molecular weight is 407 g/mol. The third kappa shape index (κ3) is 11.6. The zero-order valence-electron chi connectivity index (χ0n) is 19.7. The molecule has 0 atom stereocenters. The zero-order valence-corrected chi connectivity index (χ0v) is 19.7. The van der Waals surface area contributed by atoms with Crippen LogP contribution in [0.3, 0.4) is 0 Å². The van der Waals surface area contributed by atoms with Gasteiger partial charge >= 0.3 is 0 Å². The topological polar surface area (TPSA) is 0 Å². The molecule has 0 heteroatoms. The lowest BCUT2D eigenvalue weighted by molar-refractivity contribution is 0.533. The third-order valence-electron chi connectivity index (χ3n) is 6.30. The van der Waals surface area contributed by atoms with Crippen LogP contribution in [-0.2, 0) is 6.42 Å². The van der Waals surface area contributed by atoms with Gasteiger partial charge in [-0.05, 0) is 48.4 Å². The highest BCUT2D eigenvalue weighted by atomic mass is 14.0. The molecule has 0 aliphatic carbocycles. The predicted octanol–water partition coefficient (Wildman–Crippen LogP) is 10.2. The van der Waals surface area contributed by atoms with Crippen LogP contribution in [0.4, 0.5) is 0 Å². The summed E-state index contributed by atoms with van der Waals surface area (Å²) in [5.41, 5.74) is 1.50. The molecule has 0 aromatic heterocycles. The summed E-state index contributed by atoms with van der Waals surface area (Å²) in [6, 6.07) is 15.7. The van der Waals surface area contributed by atoms with Gasteiger partial charge in [-0.15, -0.1) is 0 Å². The highest BCUT2D eigenvalue weighted by Crippen LogP contribution is 2.18. The average Bonchev–Trinajstić information content (AvgIpc) is 2.78. The van der Waals surface area contributed by atoms with Crippen LogP contribution < -0.4 is 0 Å². The van der Waals surface area contributed by atoms with E-state index in [4.69, 9.17) is 0 Å². The van der Waals surface area contributed by atoms with E-state index < -0.39 is 0 Å². The lowest BCUT2D eigenvalue weighted by Crippen LogP contribution is -1.87. The molecule has 2 aromatic carbocycles. The summed E-state index contributed by atoms with van der Waals surface area (Å²) in [6.07, 6.45) is 28.4. The number of hydrogen-bond acceptors (Lipinski definition) is 0. The fourth-order valence-electron chi connectivity index (χ4n) is 4.39. The summed E-state index contributed by atoms with van der Waals surface area (Å²) >= 11 is 0. The Morgan fingerprint density at radius 2 is 1.07 bits per heavy atom. The molecule has 0 spiro atoms. The van der Waals surface area contributed by atoms with E-state index >= 15 is 0 Å². The van der Waals surface area contributed by atoms with Crippen LogP contribution in [0.5, 0.6) is 0 Å². The summed E-state index contributed by atoms with van der Waals surface area (Å²) in [5.74, 6) is 0. The van der Waals surface area contributed by atoms with Gasteiger partial charge in [0.15, 0.2) is 0 Å². The molecule has 2 rings (SSSR count). The number of unbranched alkanes of at least 4 members (excludes halogenated alkanes) is 14. The highest BCUT2D eigenvalue weighted by Gasteiger charge is 1.98. The molecule has 0 amide bonds. The second kappa shape index (κ2) is 17.2. The molecule has 0 aliphatic rings. The maximum Gasteiger partial charge on any atom is -0.0181 e. The predicted molar refractivity (Wildman–Crippen MR) is 136 cm³/mol. The minimum absolute atomic E-state index is 1.19. The van der Waals surface area contributed by atoms with Gasteiger partial charge in [0.1, 0.15) is 0 Å². The molecule has 30 heavy (non-hydrogen) atoms. The summed E-state index contributed by atoms with van der Waals surface area (Å²) in [6.45, 7) is 2.21. The van der Waals surface area contributed by atoms with Gasteiger partial charge in [-0.3, -0.25) is 0 Å². The SMILES string of the molecule is CC/C=C/CCCCCCCCCCCCCCCCc1ccc2ccccc2c1. The second-order valence-electron chi connectivity index (χ2n) is 9.05. The van der Waals surface area contributed by atoms with Crippen LogP contribution in [0.15, 0.2) is 54.6 Å². The van der Waals surface area contributed by atoms with Crippen molar-refractivity contribution in [3.63, 3.8) is 0 Å². The van der Waals surface area contributed by atoms with Gasteiger partial charge in [-0.1, -0.05) is 139 Å². The van der Waals surface area contributed by atoms with Crippen molar-refractivity contribution in [2.75, 3.05) is 0 Å². The fourth-order valence-corrected chi connectivity index (χ4v) is 4.39. The number of allylic oxidation sites excluding steroid dienone is 2. The Kier molecular flexibility index (Phi) is 14.1. The first-order valence-electron chi connectivity index (χ1n) is 13.0. The summed E-state index contributed by atoms with van der Waals surface area (Å²) in [5, 5.41) is 2.74. The van der Waals surface area contributed by atoms with Crippen molar-refractivity contribution in [3.8, 4) is 0 Å². The lowest BCUT2D eigenvalue weighted by atomic mass is 10.0. The van der Waals surface area contributed by atoms with Crippen molar-refractivity contribution in [1.29, 1.82) is 0 Å². The molecule has 0 fully saturated rings. The Balaban J connectivity index is 1.32. The molecule has 0 N–H and O–H groups in total. The number of fused-ring (bicyclic) bond motifs is 1. The van der Waals surface area contributed by atoms with Crippen LogP contribution in [-0.4, -0.2) is 0 Å². The minimum atomic E-state index is 1.19. The first-order chi connectivity index (χ1) is 14.9. The van der Waals surface area contributed by atoms with Crippen molar-refractivity contribution in [1.82, 2.24) is 0 Å². The Labute approximate surface area is 187 Å². The number of hydrogen-bond donors (Lipinski definition) is 0. The summed E-state index contributed by atoms with van der Waals surface area (Å²) in [4.78, 5) is 0. The normalized spacial score (nSPS) is 11.6. The molecule has 0 heterocycles. The molecular weight excluding hydrogens is 360 g/mol. The van der Waals surface area contributed by atoms with Crippen LogP contribution >= 0.6 is 0 Å². The van der Waals surface area contributed by atoms with Gasteiger partial charge in [0, 0.05) is 0 Å². The molecular formula is C30H46. The zero-order chi connectivity index (χ0) is 21.1. The van der Waals surface area contributed by atoms with Crippen LogP contribution in [0.2, 0.25) is 0 Å². The number of aryl methyl sites for hydroxylation is 1. The van der Waals surface area contributed by atoms with E-state index in [1.807, 2.05) is 0 Å². The molecule has 0 saturated carbocycles. The molecule has 0 aliphatic heterocycles. The Hall–Kier alpha value is -1.56. The Morgan fingerprint density at radius 3 is 1.67 bits per heavy atom. The monoisotopic (exact) mass is 406 g/mol. The Morgan fingerprint density at radius 1 is 0.533 bits per heavy atom. The van der Waals surface area contributed by atoms with Crippen LogP contribution in [0, 0.1) is 0 Å². The van der Waals surface area contributed by atoms with Crippen LogP contribution in [0.1, 0.15) is 115 Å². The Bertz CT molecular complexity index is 681. The van der Waals surface area contributed by atoms with Crippen molar-refractivity contribution in [2.24, 2.45) is 0 Å². The standard InChI is InChI=1S/C30H46/c1-2-3-4-5-6-7-8-9-10-11-12-13-14-15-16-17-18-19-22-28-25-26-29-23-20-21-24-30(29)27-28/h3-4,20-21,23-27H,2,5-19,22H2,1H3/b4-3+. The quantitative estimate of drug-likeness (QED) is 0.170. The largest absolute Gasteiger partial charge is 0.0888 e. The maximum absolute atomic E-state index is 2.38. The molecule has 166 valence electrons. The van der Waals surface area contributed by atoms with E-state index in [2.05, 4.69) is 61.5 Å². The van der Waals surface area contributed by atoms with Gasteiger partial charge in [0.2, 0.25) is 0 Å². The first-order valence-corrected chi connectivity index (χ1v) is 13.0. The smallest absolute Gasteiger partial charge is 0.0181 e. The fraction of sp³-hybridized carbons (Fsp3) is 0.600. The van der Waals surface area contributed by atoms with E-state index in [0.29, 0.717) is 0 Å². The second-order valence-corrected chi connectivity index (χ2v) is 9.05. The first kappa shape index (κ1) is 24.7.